The highest BCUT2D eigenvalue weighted by Gasteiger charge is 2.13. The molecule has 0 spiro atoms. The van der Waals surface area contributed by atoms with Gasteiger partial charge in [0.1, 0.15) is 5.69 Å². The van der Waals surface area contributed by atoms with E-state index in [1.165, 1.54) is 5.56 Å². The monoisotopic (exact) mass is 303 g/mol. The van der Waals surface area contributed by atoms with Gasteiger partial charge in [0.05, 0.1) is 0 Å². The second-order valence-electron chi connectivity index (χ2n) is 4.72. The van der Waals surface area contributed by atoms with Crippen molar-refractivity contribution in [1.82, 2.24) is 9.88 Å². The molecule has 1 amide bonds. The third kappa shape index (κ3) is 4.29. The molecule has 0 aromatic carbocycles. The Balaban J connectivity index is 1.95. The van der Waals surface area contributed by atoms with Gasteiger partial charge < -0.3 is 10.2 Å². The Bertz CT molecular complexity index is 565. The minimum Gasteiger partial charge on any atom is -0.385 e. The molecule has 0 atom stereocenters. The first kappa shape index (κ1) is 15.5. The smallest absolute Gasteiger partial charge is 0.272 e. The summed E-state index contributed by atoms with van der Waals surface area (Å²) in [7, 11) is 0. The van der Waals surface area contributed by atoms with Crippen molar-refractivity contribution >= 4 is 22.9 Å². The van der Waals surface area contributed by atoms with Crippen LogP contribution in [0.1, 0.15) is 29.9 Å². The van der Waals surface area contributed by atoms with Crippen LogP contribution in [0.15, 0.2) is 35.2 Å². The summed E-state index contributed by atoms with van der Waals surface area (Å²) in [6.45, 7) is 6.20. The standard InChI is InChI=1S/C16H21N3OS/c1-3-19(4-2)16(20)15-11-14(6-9-18-15)17-8-5-13-7-10-21-12-13/h6-7,9-12H,3-5,8H2,1-2H3,(H,17,18). The number of nitrogens with one attached hydrogen (secondary N) is 1. The van der Waals surface area contributed by atoms with Crippen LogP contribution in [0.3, 0.4) is 0 Å². The summed E-state index contributed by atoms with van der Waals surface area (Å²) in [5.41, 5.74) is 2.77. The fourth-order valence-electron chi connectivity index (χ4n) is 2.12. The lowest BCUT2D eigenvalue weighted by Crippen LogP contribution is -2.31. The first-order valence-electron chi connectivity index (χ1n) is 7.24. The summed E-state index contributed by atoms with van der Waals surface area (Å²) in [4.78, 5) is 18.2. The molecule has 5 heteroatoms. The predicted molar refractivity (Wildman–Crippen MR) is 88.0 cm³/mol. The number of carbonyl (C=O) groups is 1. The number of anilines is 1. The molecule has 2 heterocycles. The molecule has 0 saturated heterocycles. The summed E-state index contributed by atoms with van der Waals surface area (Å²) < 4.78 is 0. The molecule has 21 heavy (non-hydrogen) atoms. The third-order valence-electron chi connectivity index (χ3n) is 3.35. The fraction of sp³-hybridized carbons (Fsp3) is 0.375. The minimum absolute atomic E-state index is 0.0125. The van der Waals surface area contributed by atoms with E-state index in [-0.39, 0.29) is 5.91 Å². The van der Waals surface area contributed by atoms with Crippen LogP contribution in [-0.2, 0) is 6.42 Å². The van der Waals surface area contributed by atoms with Crippen molar-refractivity contribution in [3.05, 3.63) is 46.4 Å². The van der Waals surface area contributed by atoms with Gasteiger partial charge in [0.15, 0.2) is 0 Å². The van der Waals surface area contributed by atoms with E-state index >= 15 is 0 Å². The van der Waals surface area contributed by atoms with Gasteiger partial charge in [0.2, 0.25) is 0 Å². The maximum absolute atomic E-state index is 12.3. The van der Waals surface area contributed by atoms with E-state index in [9.17, 15) is 4.79 Å². The van der Waals surface area contributed by atoms with Crippen LogP contribution in [0.5, 0.6) is 0 Å². The molecule has 2 rings (SSSR count). The summed E-state index contributed by atoms with van der Waals surface area (Å²) in [5.74, 6) is -0.0125. The topological polar surface area (TPSA) is 45.2 Å². The van der Waals surface area contributed by atoms with Crippen molar-refractivity contribution < 1.29 is 4.79 Å². The highest BCUT2D eigenvalue weighted by molar-refractivity contribution is 7.07. The summed E-state index contributed by atoms with van der Waals surface area (Å²) in [6, 6.07) is 5.86. The van der Waals surface area contributed by atoms with E-state index in [0.29, 0.717) is 18.8 Å². The number of thiophene rings is 1. The van der Waals surface area contributed by atoms with E-state index in [1.54, 1.807) is 22.4 Å². The molecule has 2 aromatic heterocycles. The molecule has 4 nitrogen and oxygen atoms in total. The van der Waals surface area contributed by atoms with E-state index in [0.717, 1.165) is 18.7 Å². The summed E-state index contributed by atoms with van der Waals surface area (Å²) >= 11 is 1.71. The summed E-state index contributed by atoms with van der Waals surface area (Å²) in [6.07, 6.45) is 2.66. The lowest BCUT2D eigenvalue weighted by molar-refractivity contribution is 0.0767. The van der Waals surface area contributed by atoms with Crippen molar-refractivity contribution in [2.24, 2.45) is 0 Å². The fourth-order valence-corrected chi connectivity index (χ4v) is 2.82. The SMILES string of the molecule is CCN(CC)C(=O)c1cc(NCCc2ccsc2)ccn1. The van der Waals surface area contributed by atoms with E-state index in [4.69, 9.17) is 0 Å². The molecule has 0 aliphatic carbocycles. The van der Waals surface area contributed by atoms with Crippen LogP contribution < -0.4 is 5.32 Å². The molecule has 0 aliphatic heterocycles. The Kier molecular flexibility index (Phi) is 5.75. The Morgan fingerprint density at radius 2 is 2.14 bits per heavy atom. The predicted octanol–water partition coefficient (Wildman–Crippen LogP) is 3.28. The number of pyridine rings is 1. The highest BCUT2D eigenvalue weighted by Crippen LogP contribution is 2.11. The molecule has 0 saturated carbocycles. The lowest BCUT2D eigenvalue weighted by atomic mass is 10.2. The van der Waals surface area contributed by atoms with Gasteiger partial charge in [-0.15, -0.1) is 0 Å². The van der Waals surface area contributed by atoms with Crippen LogP contribution in [0.25, 0.3) is 0 Å². The molecular formula is C16H21N3OS. The van der Waals surface area contributed by atoms with Gasteiger partial charge in [0.25, 0.3) is 5.91 Å². The van der Waals surface area contributed by atoms with Crippen molar-refractivity contribution in [2.45, 2.75) is 20.3 Å². The zero-order valence-electron chi connectivity index (χ0n) is 12.5. The van der Waals surface area contributed by atoms with E-state index in [2.05, 4.69) is 27.1 Å². The molecule has 0 fully saturated rings. The van der Waals surface area contributed by atoms with Crippen LogP contribution in [0.4, 0.5) is 5.69 Å². The molecule has 0 radical (unpaired) electrons. The second kappa shape index (κ2) is 7.78. The number of hydrogen-bond donors (Lipinski definition) is 1. The zero-order valence-corrected chi connectivity index (χ0v) is 13.3. The number of hydrogen-bond acceptors (Lipinski definition) is 4. The van der Waals surface area contributed by atoms with Gasteiger partial charge in [-0.3, -0.25) is 9.78 Å². The highest BCUT2D eigenvalue weighted by atomic mass is 32.1. The van der Waals surface area contributed by atoms with Gasteiger partial charge in [-0.2, -0.15) is 11.3 Å². The molecule has 2 aromatic rings. The average Bonchev–Trinajstić information content (AvgIpc) is 3.02. The molecule has 112 valence electrons. The van der Waals surface area contributed by atoms with Crippen LogP contribution in [0.2, 0.25) is 0 Å². The van der Waals surface area contributed by atoms with Gasteiger partial charge >= 0.3 is 0 Å². The number of aromatic nitrogens is 1. The van der Waals surface area contributed by atoms with Gasteiger partial charge in [0, 0.05) is 31.5 Å². The number of nitrogens with zero attached hydrogens (tertiary/aromatic N) is 2. The van der Waals surface area contributed by atoms with Crippen molar-refractivity contribution in [1.29, 1.82) is 0 Å². The minimum atomic E-state index is -0.0125. The molecule has 1 N–H and O–H groups in total. The average molecular weight is 303 g/mol. The quantitative estimate of drug-likeness (QED) is 0.854. The van der Waals surface area contributed by atoms with Crippen LogP contribution in [0, 0.1) is 0 Å². The van der Waals surface area contributed by atoms with Gasteiger partial charge in [-0.1, -0.05) is 0 Å². The zero-order chi connectivity index (χ0) is 15.1. The summed E-state index contributed by atoms with van der Waals surface area (Å²) in [5, 5.41) is 7.59. The first-order valence-corrected chi connectivity index (χ1v) is 8.19. The maximum atomic E-state index is 12.3. The van der Waals surface area contributed by atoms with Crippen molar-refractivity contribution in [3.63, 3.8) is 0 Å². The third-order valence-corrected chi connectivity index (χ3v) is 4.08. The Morgan fingerprint density at radius 1 is 1.33 bits per heavy atom. The molecule has 0 bridgehead atoms. The first-order chi connectivity index (χ1) is 10.2. The Morgan fingerprint density at radius 3 is 2.81 bits per heavy atom. The Labute approximate surface area is 129 Å². The maximum Gasteiger partial charge on any atom is 0.272 e. The number of rotatable bonds is 7. The molecular weight excluding hydrogens is 282 g/mol. The second-order valence-corrected chi connectivity index (χ2v) is 5.50. The van der Waals surface area contributed by atoms with E-state index < -0.39 is 0 Å². The number of carbonyl (C=O) groups excluding carboxylic acids is 1. The van der Waals surface area contributed by atoms with Gasteiger partial charge in [-0.25, -0.2) is 0 Å². The number of amides is 1. The van der Waals surface area contributed by atoms with Crippen LogP contribution >= 0.6 is 11.3 Å². The Hall–Kier alpha value is -1.88. The lowest BCUT2D eigenvalue weighted by Gasteiger charge is -2.18. The molecule has 0 aliphatic rings. The van der Waals surface area contributed by atoms with Gasteiger partial charge in [-0.05, 0) is 54.8 Å². The van der Waals surface area contributed by atoms with Crippen molar-refractivity contribution in [2.75, 3.05) is 25.0 Å². The molecule has 0 unspecified atom stereocenters. The van der Waals surface area contributed by atoms with E-state index in [1.807, 2.05) is 26.0 Å². The largest absolute Gasteiger partial charge is 0.385 e. The van der Waals surface area contributed by atoms with Crippen LogP contribution in [-0.4, -0.2) is 35.4 Å². The normalized spacial score (nSPS) is 10.4. The van der Waals surface area contributed by atoms with Crippen molar-refractivity contribution in [3.8, 4) is 0 Å².